The molecule has 0 saturated heterocycles. The van der Waals surface area contributed by atoms with E-state index in [9.17, 15) is 0 Å². The van der Waals surface area contributed by atoms with Crippen molar-refractivity contribution < 1.29 is 4.74 Å². The predicted octanol–water partition coefficient (Wildman–Crippen LogP) is 2.25. The summed E-state index contributed by atoms with van der Waals surface area (Å²) in [6.45, 7) is 7.32. The molecule has 0 radical (unpaired) electrons. The third kappa shape index (κ3) is 3.36. The van der Waals surface area contributed by atoms with Crippen LogP contribution in [0.2, 0.25) is 0 Å². The summed E-state index contributed by atoms with van der Waals surface area (Å²) in [6.07, 6.45) is 0. The Morgan fingerprint density at radius 3 is 2.45 bits per heavy atom. The summed E-state index contributed by atoms with van der Waals surface area (Å²) in [4.78, 5) is 4.33. The average molecular weight is 274 g/mol. The monoisotopic (exact) mass is 274 g/mol. The highest BCUT2D eigenvalue weighted by atomic mass is 16.5. The van der Waals surface area contributed by atoms with Crippen LogP contribution in [0, 0.1) is 13.8 Å². The standard InChI is InChI=1S/C15H22N4O/c1-5-20-14-8-6-13(7-9-14)15(16-4)10-19-12(3)17-11(2)18-19/h6-9,15-16H,5,10H2,1-4H3. The average Bonchev–Trinajstić information content (AvgIpc) is 2.75. The number of aromatic nitrogens is 3. The number of hydrogen-bond donors (Lipinski definition) is 1. The molecule has 20 heavy (non-hydrogen) atoms. The van der Waals surface area contributed by atoms with Gasteiger partial charge in [-0.25, -0.2) is 9.67 Å². The lowest BCUT2D eigenvalue weighted by molar-refractivity contribution is 0.340. The maximum absolute atomic E-state index is 5.47. The molecular weight excluding hydrogens is 252 g/mol. The molecule has 2 rings (SSSR count). The fourth-order valence-corrected chi connectivity index (χ4v) is 2.23. The topological polar surface area (TPSA) is 52.0 Å². The van der Waals surface area contributed by atoms with E-state index in [-0.39, 0.29) is 6.04 Å². The van der Waals surface area contributed by atoms with Crippen molar-refractivity contribution in [2.75, 3.05) is 13.7 Å². The molecule has 1 aromatic heterocycles. The summed E-state index contributed by atoms with van der Waals surface area (Å²) >= 11 is 0. The fraction of sp³-hybridized carbons (Fsp3) is 0.467. The van der Waals surface area contributed by atoms with Gasteiger partial charge in [-0.05, 0) is 45.5 Å². The van der Waals surface area contributed by atoms with Crippen LogP contribution in [0.5, 0.6) is 5.75 Å². The first-order valence-corrected chi connectivity index (χ1v) is 6.92. The van der Waals surface area contributed by atoms with Crippen LogP contribution in [0.3, 0.4) is 0 Å². The van der Waals surface area contributed by atoms with Crippen molar-refractivity contribution in [3.63, 3.8) is 0 Å². The van der Waals surface area contributed by atoms with Crippen molar-refractivity contribution in [3.05, 3.63) is 41.5 Å². The van der Waals surface area contributed by atoms with Gasteiger partial charge in [-0.1, -0.05) is 12.1 Å². The summed E-state index contributed by atoms with van der Waals surface area (Å²) < 4.78 is 7.40. The van der Waals surface area contributed by atoms with Gasteiger partial charge in [0.1, 0.15) is 17.4 Å². The molecule has 2 aromatic rings. The zero-order chi connectivity index (χ0) is 14.5. The first kappa shape index (κ1) is 14.5. The van der Waals surface area contributed by atoms with Crippen molar-refractivity contribution in [1.82, 2.24) is 20.1 Å². The largest absolute Gasteiger partial charge is 0.494 e. The van der Waals surface area contributed by atoms with Gasteiger partial charge in [-0.15, -0.1) is 0 Å². The van der Waals surface area contributed by atoms with Crippen LogP contribution in [-0.2, 0) is 6.54 Å². The van der Waals surface area contributed by atoms with Crippen LogP contribution in [0.4, 0.5) is 0 Å². The van der Waals surface area contributed by atoms with E-state index in [1.165, 1.54) is 5.56 Å². The molecule has 0 fully saturated rings. The number of nitrogens with zero attached hydrogens (tertiary/aromatic N) is 3. The molecule has 5 nitrogen and oxygen atoms in total. The van der Waals surface area contributed by atoms with Gasteiger partial charge in [0.25, 0.3) is 0 Å². The first-order valence-electron chi connectivity index (χ1n) is 6.92. The highest BCUT2D eigenvalue weighted by molar-refractivity contribution is 5.29. The Bertz CT molecular complexity index is 548. The number of nitrogens with one attached hydrogen (secondary N) is 1. The predicted molar refractivity (Wildman–Crippen MR) is 78.9 cm³/mol. The molecule has 108 valence electrons. The lowest BCUT2D eigenvalue weighted by atomic mass is 10.1. The Labute approximate surface area is 120 Å². The van der Waals surface area contributed by atoms with E-state index < -0.39 is 0 Å². The van der Waals surface area contributed by atoms with E-state index in [1.54, 1.807) is 0 Å². The molecule has 0 spiro atoms. The molecular formula is C15H22N4O. The number of aryl methyl sites for hydroxylation is 2. The van der Waals surface area contributed by atoms with E-state index in [4.69, 9.17) is 4.74 Å². The molecule has 0 aliphatic heterocycles. The summed E-state index contributed by atoms with van der Waals surface area (Å²) in [5, 5.41) is 7.74. The lowest BCUT2D eigenvalue weighted by Gasteiger charge is -2.17. The molecule has 1 aromatic carbocycles. The minimum atomic E-state index is 0.200. The molecule has 0 aliphatic carbocycles. The Balaban J connectivity index is 2.13. The van der Waals surface area contributed by atoms with Crippen LogP contribution >= 0.6 is 0 Å². The third-order valence-electron chi connectivity index (χ3n) is 3.26. The zero-order valence-corrected chi connectivity index (χ0v) is 12.6. The van der Waals surface area contributed by atoms with Crippen molar-refractivity contribution in [3.8, 4) is 5.75 Å². The highest BCUT2D eigenvalue weighted by Crippen LogP contribution is 2.19. The van der Waals surface area contributed by atoms with Gasteiger partial charge < -0.3 is 10.1 Å². The van der Waals surface area contributed by atoms with E-state index in [0.717, 1.165) is 23.9 Å². The van der Waals surface area contributed by atoms with Crippen LogP contribution in [0.15, 0.2) is 24.3 Å². The molecule has 0 aliphatic rings. The molecule has 5 heteroatoms. The third-order valence-corrected chi connectivity index (χ3v) is 3.26. The second kappa shape index (κ2) is 6.52. The number of benzene rings is 1. The Morgan fingerprint density at radius 2 is 1.95 bits per heavy atom. The molecule has 0 saturated carbocycles. The van der Waals surface area contributed by atoms with Crippen molar-refractivity contribution in [2.24, 2.45) is 0 Å². The molecule has 1 atom stereocenters. The minimum absolute atomic E-state index is 0.200. The number of likely N-dealkylation sites (N-methyl/N-ethyl adjacent to an activating group) is 1. The molecule has 1 heterocycles. The van der Waals surface area contributed by atoms with Gasteiger partial charge in [0.15, 0.2) is 0 Å². The summed E-state index contributed by atoms with van der Waals surface area (Å²) in [5.41, 5.74) is 1.21. The van der Waals surface area contributed by atoms with Crippen molar-refractivity contribution in [2.45, 2.75) is 33.4 Å². The summed E-state index contributed by atoms with van der Waals surface area (Å²) in [5.74, 6) is 2.65. The Hall–Kier alpha value is -1.88. The van der Waals surface area contributed by atoms with E-state index in [0.29, 0.717) is 6.61 Å². The maximum atomic E-state index is 5.47. The van der Waals surface area contributed by atoms with Crippen molar-refractivity contribution >= 4 is 0 Å². The van der Waals surface area contributed by atoms with E-state index in [2.05, 4.69) is 27.5 Å². The molecule has 1 N–H and O–H groups in total. The van der Waals surface area contributed by atoms with Crippen LogP contribution < -0.4 is 10.1 Å². The van der Waals surface area contributed by atoms with Gasteiger partial charge in [0, 0.05) is 0 Å². The second-order valence-electron chi connectivity index (χ2n) is 4.73. The van der Waals surface area contributed by atoms with Crippen LogP contribution in [0.1, 0.15) is 30.2 Å². The number of ether oxygens (including phenoxy) is 1. The number of hydrogen-bond acceptors (Lipinski definition) is 4. The highest BCUT2D eigenvalue weighted by Gasteiger charge is 2.13. The lowest BCUT2D eigenvalue weighted by Crippen LogP contribution is -2.23. The van der Waals surface area contributed by atoms with Gasteiger partial charge in [0.05, 0.1) is 19.2 Å². The SMILES string of the molecule is CCOc1ccc(C(Cn2nc(C)nc2C)NC)cc1. The van der Waals surface area contributed by atoms with Crippen LogP contribution in [-0.4, -0.2) is 28.4 Å². The minimum Gasteiger partial charge on any atom is -0.494 e. The maximum Gasteiger partial charge on any atom is 0.147 e. The molecule has 1 unspecified atom stereocenters. The summed E-state index contributed by atoms with van der Waals surface area (Å²) in [6, 6.07) is 8.38. The fourth-order valence-electron chi connectivity index (χ4n) is 2.23. The summed E-state index contributed by atoms with van der Waals surface area (Å²) in [7, 11) is 1.96. The zero-order valence-electron chi connectivity index (χ0n) is 12.6. The van der Waals surface area contributed by atoms with E-state index in [1.807, 2.05) is 44.6 Å². The van der Waals surface area contributed by atoms with Gasteiger partial charge >= 0.3 is 0 Å². The van der Waals surface area contributed by atoms with E-state index >= 15 is 0 Å². The van der Waals surface area contributed by atoms with Gasteiger partial charge in [-0.3, -0.25) is 0 Å². The molecule has 0 bridgehead atoms. The second-order valence-corrected chi connectivity index (χ2v) is 4.73. The Morgan fingerprint density at radius 1 is 1.25 bits per heavy atom. The van der Waals surface area contributed by atoms with Crippen LogP contribution in [0.25, 0.3) is 0 Å². The quantitative estimate of drug-likeness (QED) is 0.878. The normalized spacial score (nSPS) is 12.4. The smallest absolute Gasteiger partial charge is 0.147 e. The Kier molecular flexibility index (Phi) is 4.74. The van der Waals surface area contributed by atoms with Crippen molar-refractivity contribution in [1.29, 1.82) is 0 Å². The van der Waals surface area contributed by atoms with Gasteiger partial charge in [-0.2, -0.15) is 5.10 Å². The van der Waals surface area contributed by atoms with Gasteiger partial charge in [0.2, 0.25) is 0 Å². The number of rotatable bonds is 6. The first-order chi connectivity index (χ1) is 9.63. The molecule has 0 amide bonds.